The highest BCUT2D eigenvalue weighted by Gasteiger charge is 2.33. The number of primary amides is 1. The van der Waals surface area contributed by atoms with Crippen molar-refractivity contribution in [1.82, 2.24) is 10.2 Å². The maximum absolute atomic E-state index is 12.7. The molecule has 0 saturated carbocycles. The third-order valence-corrected chi connectivity index (χ3v) is 5.50. The second kappa shape index (κ2) is 7.06. The number of hydrogen-bond donors (Lipinski definition) is 2. The summed E-state index contributed by atoms with van der Waals surface area (Å²) >= 11 is 0. The molecule has 1 heterocycles. The molecule has 0 radical (unpaired) electrons. The van der Waals surface area contributed by atoms with Crippen molar-refractivity contribution in [2.45, 2.75) is 51.5 Å². The fraction of sp³-hybridized carbons (Fsp3) is 0.600. The van der Waals surface area contributed by atoms with Crippen LogP contribution in [0.25, 0.3) is 0 Å². The number of rotatable bonds is 4. The van der Waals surface area contributed by atoms with E-state index in [0.717, 1.165) is 32.1 Å². The summed E-state index contributed by atoms with van der Waals surface area (Å²) in [6, 6.07) is 8.19. The Morgan fingerprint density at radius 3 is 2.48 bits per heavy atom. The van der Waals surface area contributed by atoms with Gasteiger partial charge in [-0.1, -0.05) is 24.3 Å². The molecule has 1 aromatic rings. The number of nitrogens with two attached hydrogens (primary N) is 1. The molecule has 0 aromatic heterocycles. The van der Waals surface area contributed by atoms with Gasteiger partial charge in [0.25, 0.3) is 0 Å². The van der Waals surface area contributed by atoms with Crippen LogP contribution in [0.15, 0.2) is 24.3 Å². The van der Waals surface area contributed by atoms with Crippen molar-refractivity contribution in [2.24, 2.45) is 17.6 Å². The number of carbonyl (C=O) groups excluding carboxylic acids is 2. The van der Waals surface area contributed by atoms with Crippen molar-refractivity contribution in [3.8, 4) is 0 Å². The molecule has 25 heavy (non-hydrogen) atoms. The summed E-state index contributed by atoms with van der Waals surface area (Å²) in [6.07, 6.45) is 4.79. The lowest BCUT2D eigenvalue weighted by Gasteiger charge is -2.35. The molecule has 1 atom stereocenters. The van der Waals surface area contributed by atoms with Crippen molar-refractivity contribution in [3.63, 3.8) is 0 Å². The fourth-order valence-corrected chi connectivity index (χ4v) is 4.39. The number of benzene rings is 1. The highest BCUT2D eigenvalue weighted by atomic mass is 16.2. The summed E-state index contributed by atoms with van der Waals surface area (Å²) in [5, 5.41) is 3.22. The second-order valence-corrected chi connectivity index (χ2v) is 8.24. The van der Waals surface area contributed by atoms with Crippen LogP contribution in [0.3, 0.4) is 0 Å². The number of piperidine rings is 1. The Bertz CT molecular complexity index is 631. The number of carbonyl (C=O) groups is 2. The first-order valence-corrected chi connectivity index (χ1v) is 9.27. The van der Waals surface area contributed by atoms with E-state index in [4.69, 9.17) is 5.73 Å². The average molecular weight is 343 g/mol. The van der Waals surface area contributed by atoms with Crippen molar-refractivity contribution < 1.29 is 9.59 Å². The number of nitrogens with zero attached hydrogens (tertiary/aromatic N) is 1. The summed E-state index contributed by atoms with van der Waals surface area (Å²) in [5.74, 6) is 0.467. The molecule has 5 nitrogen and oxygen atoms in total. The van der Waals surface area contributed by atoms with E-state index in [9.17, 15) is 9.59 Å². The van der Waals surface area contributed by atoms with Crippen molar-refractivity contribution in [3.05, 3.63) is 35.4 Å². The first-order chi connectivity index (χ1) is 11.8. The average Bonchev–Trinajstić information content (AvgIpc) is 2.95. The smallest absolute Gasteiger partial charge is 0.314 e. The van der Waals surface area contributed by atoms with Crippen molar-refractivity contribution in [1.29, 1.82) is 0 Å². The van der Waals surface area contributed by atoms with Crippen LogP contribution >= 0.6 is 0 Å². The molecular formula is C20H29N3O2. The van der Waals surface area contributed by atoms with Crippen LogP contribution < -0.4 is 11.1 Å². The molecule has 2 aliphatic rings. The molecule has 5 heteroatoms. The predicted octanol–water partition coefficient (Wildman–Crippen LogP) is 2.48. The Labute approximate surface area is 150 Å². The number of fused-ring (bicyclic) bond motifs is 1. The summed E-state index contributed by atoms with van der Waals surface area (Å²) in [6.45, 7) is 5.29. The fourth-order valence-electron chi connectivity index (χ4n) is 4.39. The van der Waals surface area contributed by atoms with Gasteiger partial charge in [-0.2, -0.15) is 0 Å². The molecule has 0 bridgehead atoms. The van der Waals surface area contributed by atoms with E-state index in [2.05, 4.69) is 43.4 Å². The van der Waals surface area contributed by atoms with E-state index < -0.39 is 6.03 Å². The molecule has 1 fully saturated rings. The zero-order valence-electron chi connectivity index (χ0n) is 15.3. The molecule has 3 rings (SSSR count). The molecule has 136 valence electrons. The van der Waals surface area contributed by atoms with Crippen LogP contribution in [0.5, 0.6) is 0 Å². The lowest BCUT2D eigenvalue weighted by molar-refractivity contribution is -0.128. The Morgan fingerprint density at radius 2 is 1.88 bits per heavy atom. The zero-order valence-corrected chi connectivity index (χ0v) is 15.3. The summed E-state index contributed by atoms with van der Waals surface area (Å²) < 4.78 is 0. The quantitative estimate of drug-likeness (QED) is 0.881. The third-order valence-electron chi connectivity index (χ3n) is 5.50. The van der Waals surface area contributed by atoms with Gasteiger partial charge in [-0.15, -0.1) is 0 Å². The summed E-state index contributed by atoms with van der Waals surface area (Å²) in [7, 11) is 0. The van der Waals surface area contributed by atoms with Crippen molar-refractivity contribution in [2.75, 3.05) is 13.1 Å². The SMILES string of the molecule is CC(C)(CC1Cc2ccccc2C1)NC(=O)[C@H]1CCCN(C(N)=O)C1. The number of urea groups is 1. The molecule has 1 aromatic carbocycles. The van der Waals surface area contributed by atoms with Crippen molar-refractivity contribution >= 4 is 11.9 Å². The van der Waals surface area contributed by atoms with Crippen LogP contribution in [0.4, 0.5) is 4.79 Å². The van der Waals surface area contributed by atoms with Gasteiger partial charge in [0.15, 0.2) is 0 Å². The largest absolute Gasteiger partial charge is 0.351 e. The normalized spacial score (nSPS) is 21.0. The predicted molar refractivity (Wildman–Crippen MR) is 98.1 cm³/mol. The number of amides is 3. The minimum atomic E-state index is -0.430. The van der Waals surface area contributed by atoms with Gasteiger partial charge in [-0.05, 0) is 63.0 Å². The maximum Gasteiger partial charge on any atom is 0.314 e. The Hall–Kier alpha value is -2.04. The standard InChI is InChI=1S/C20H29N3O2/c1-20(2,12-14-10-15-6-3-4-7-16(15)11-14)22-18(24)17-8-5-9-23(13-17)19(21)25/h3-4,6-7,14,17H,5,8-13H2,1-2H3,(H2,21,25)(H,22,24)/t17-/m0/s1. The van der Waals surface area contributed by atoms with Gasteiger partial charge in [-0.3, -0.25) is 4.79 Å². The molecule has 0 spiro atoms. The van der Waals surface area contributed by atoms with E-state index >= 15 is 0 Å². The topological polar surface area (TPSA) is 75.4 Å². The molecule has 3 N–H and O–H groups in total. The number of likely N-dealkylation sites (tertiary alicyclic amines) is 1. The minimum absolute atomic E-state index is 0.0476. The van der Waals surface area contributed by atoms with E-state index in [1.165, 1.54) is 11.1 Å². The summed E-state index contributed by atoms with van der Waals surface area (Å²) in [5.41, 5.74) is 8.00. The first-order valence-electron chi connectivity index (χ1n) is 9.27. The molecule has 0 unspecified atom stereocenters. The number of nitrogens with one attached hydrogen (secondary N) is 1. The molecule has 1 saturated heterocycles. The van der Waals surface area contributed by atoms with Gasteiger partial charge in [0.05, 0.1) is 5.92 Å². The highest BCUT2D eigenvalue weighted by molar-refractivity contribution is 5.81. The Morgan fingerprint density at radius 1 is 1.24 bits per heavy atom. The lowest BCUT2D eigenvalue weighted by atomic mass is 9.87. The van der Waals surface area contributed by atoms with Gasteiger partial charge in [0.2, 0.25) is 5.91 Å². The molecular weight excluding hydrogens is 314 g/mol. The van der Waals surface area contributed by atoms with E-state index in [-0.39, 0.29) is 17.4 Å². The molecule has 1 aliphatic carbocycles. The Kier molecular flexibility index (Phi) is 5.02. The van der Waals surface area contributed by atoms with E-state index in [0.29, 0.717) is 19.0 Å². The van der Waals surface area contributed by atoms with Crippen LogP contribution in [0, 0.1) is 11.8 Å². The summed E-state index contributed by atoms with van der Waals surface area (Å²) in [4.78, 5) is 25.6. The lowest BCUT2D eigenvalue weighted by Crippen LogP contribution is -2.52. The highest BCUT2D eigenvalue weighted by Crippen LogP contribution is 2.32. The second-order valence-electron chi connectivity index (χ2n) is 8.24. The maximum atomic E-state index is 12.7. The monoisotopic (exact) mass is 343 g/mol. The van der Waals surface area contributed by atoms with Crippen LogP contribution in [-0.2, 0) is 17.6 Å². The minimum Gasteiger partial charge on any atom is -0.351 e. The van der Waals surface area contributed by atoms with Gasteiger partial charge in [-0.25, -0.2) is 4.79 Å². The zero-order chi connectivity index (χ0) is 18.0. The molecule has 1 aliphatic heterocycles. The van der Waals surface area contributed by atoms with E-state index in [1.807, 2.05) is 0 Å². The first kappa shape index (κ1) is 17.8. The van der Waals surface area contributed by atoms with Gasteiger partial charge in [0.1, 0.15) is 0 Å². The van der Waals surface area contributed by atoms with Crippen LogP contribution in [0.2, 0.25) is 0 Å². The molecule has 3 amide bonds. The van der Waals surface area contributed by atoms with Gasteiger partial charge < -0.3 is 16.0 Å². The van der Waals surface area contributed by atoms with Gasteiger partial charge in [0, 0.05) is 18.6 Å². The van der Waals surface area contributed by atoms with E-state index in [1.54, 1.807) is 4.90 Å². The Balaban J connectivity index is 1.54. The van der Waals surface area contributed by atoms with Crippen LogP contribution in [-0.4, -0.2) is 35.5 Å². The number of hydrogen-bond acceptors (Lipinski definition) is 2. The van der Waals surface area contributed by atoms with Gasteiger partial charge >= 0.3 is 6.03 Å². The third kappa shape index (κ3) is 4.33. The van der Waals surface area contributed by atoms with Crippen LogP contribution in [0.1, 0.15) is 44.2 Å².